The van der Waals surface area contributed by atoms with Crippen molar-refractivity contribution in [3.8, 4) is 0 Å². The Bertz CT molecular complexity index is 400. The van der Waals surface area contributed by atoms with E-state index in [9.17, 15) is 14.4 Å². The fourth-order valence-electron chi connectivity index (χ4n) is 0.614. The molecule has 0 aliphatic heterocycles. The van der Waals surface area contributed by atoms with Crippen LogP contribution in [0.2, 0.25) is 0 Å². The van der Waals surface area contributed by atoms with Crippen LogP contribution in [0.25, 0.3) is 0 Å². The van der Waals surface area contributed by atoms with Crippen molar-refractivity contribution < 1.29 is 19.5 Å². The first kappa shape index (κ1) is 10.4. The molecule has 14 heavy (non-hydrogen) atoms. The molecule has 0 saturated carbocycles. The number of carboxylic acids is 1. The van der Waals surface area contributed by atoms with Crippen LogP contribution in [0.5, 0.6) is 0 Å². The SMILES string of the molecule is O=C(O)C(=O)C(=O)Nn1cc(Br)cn1. The minimum atomic E-state index is -1.81. The van der Waals surface area contributed by atoms with Gasteiger partial charge in [0.05, 0.1) is 16.9 Å². The summed E-state index contributed by atoms with van der Waals surface area (Å²) >= 11 is 3.05. The maximum atomic E-state index is 10.8. The number of hydrogen-bond donors (Lipinski definition) is 2. The second-order valence-corrected chi connectivity index (χ2v) is 3.09. The lowest BCUT2D eigenvalue weighted by Crippen LogP contribution is -2.34. The number of hydrogen-bond acceptors (Lipinski definition) is 4. The summed E-state index contributed by atoms with van der Waals surface area (Å²) in [6, 6.07) is 0. The van der Waals surface area contributed by atoms with E-state index in [-0.39, 0.29) is 0 Å². The van der Waals surface area contributed by atoms with E-state index in [2.05, 4.69) is 21.0 Å². The molecule has 8 heteroatoms. The Morgan fingerprint density at radius 1 is 1.50 bits per heavy atom. The summed E-state index contributed by atoms with van der Waals surface area (Å²) in [6.45, 7) is 0. The highest BCUT2D eigenvalue weighted by Gasteiger charge is 2.21. The number of rotatable bonds is 3. The van der Waals surface area contributed by atoms with Crippen molar-refractivity contribution in [3.63, 3.8) is 0 Å². The molecule has 0 fully saturated rings. The number of Topliss-reactive ketones (excluding diaryl/α,β-unsaturated/α-hetero) is 1. The van der Waals surface area contributed by atoms with Gasteiger partial charge in [0.25, 0.3) is 0 Å². The second-order valence-electron chi connectivity index (χ2n) is 2.18. The predicted octanol–water partition coefficient (Wildman–Crippen LogP) is -0.631. The zero-order chi connectivity index (χ0) is 10.7. The maximum Gasteiger partial charge on any atom is 0.382 e. The Balaban J connectivity index is 2.66. The van der Waals surface area contributed by atoms with Crippen LogP contribution in [-0.2, 0) is 14.4 Å². The van der Waals surface area contributed by atoms with Gasteiger partial charge in [-0.05, 0) is 15.9 Å². The summed E-state index contributed by atoms with van der Waals surface area (Å²) in [6.07, 6.45) is 2.72. The van der Waals surface area contributed by atoms with E-state index in [1.165, 1.54) is 12.4 Å². The highest BCUT2D eigenvalue weighted by molar-refractivity contribution is 9.10. The number of amides is 1. The van der Waals surface area contributed by atoms with Crippen LogP contribution in [0.15, 0.2) is 16.9 Å². The quantitative estimate of drug-likeness (QED) is 0.557. The molecule has 2 N–H and O–H groups in total. The monoisotopic (exact) mass is 261 g/mol. The summed E-state index contributed by atoms with van der Waals surface area (Å²) < 4.78 is 0.584. The molecule has 0 spiro atoms. The van der Waals surface area contributed by atoms with Gasteiger partial charge in [-0.1, -0.05) is 0 Å². The van der Waals surface area contributed by atoms with E-state index in [1.54, 1.807) is 0 Å². The molecule has 1 aromatic rings. The lowest BCUT2D eigenvalue weighted by Gasteiger charge is -1.99. The van der Waals surface area contributed by atoms with E-state index in [4.69, 9.17) is 5.11 Å². The Labute approximate surface area is 85.8 Å². The van der Waals surface area contributed by atoms with Crippen molar-refractivity contribution in [2.75, 3.05) is 5.43 Å². The van der Waals surface area contributed by atoms with E-state index < -0.39 is 17.7 Å². The van der Waals surface area contributed by atoms with Crippen molar-refractivity contribution in [1.82, 2.24) is 9.89 Å². The van der Waals surface area contributed by atoms with Gasteiger partial charge in [-0.25, -0.2) is 10.2 Å². The van der Waals surface area contributed by atoms with Crippen molar-refractivity contribution in [2.24, 2.45) is 0 Å². The molecule has 0 saturated heterocycles. The second kappa shape index (κ2) is 4.01. The molecule has 1 aromatic heterocycles. The summed E-state index contributed by atoms with van der Waals surface area (Å²) in [5, 5.41) is 11.8. The molecule has 0 aliphatic rings. The number of carbonyl (C=O) groups excluding carboxylic acids is 2. The van der Waals surface area contributed by atoms with Crippen molar-refractivity contribution in [1.29, 1.82) is 0 Å². The molecule has 1 amide bonds. The third kappa shape index (κ3) is 2.39. The standard InChI is InChI=1S/C6H4BrN3O4/c7-3-1-8-10(2-3)9-5(12)4(11)6(13)14/h1-2H,(H,9,12)(H,13,14). The summed E-state index contributed by atoms with van der Waals surface area (Å²) in [4.78, 5) is 32.4. The average Bonchev–Trinajstić information content (AvgIpc) is 2.49. The van der Waals surface area contributed by atoms with E-state index >= 15 is 0 Å². The molecule has 0 bridgehead atoms. The summed E-state index contributed by atoms with van der Waals surface area (Å²) in [5.74, 6) is -4.61. The van der Waals surface area contributed by atoms with Gasteiger partial charge in [0, 0.05) is 0 Å². The van der Waals surface area contributed by atoms with Gasteiger partial charge in [-0.2, -0.15) is 9.89 Å². The fraction of sp³-hybridized carbons (Fsp3) is 0. The fourth-order valence-corrected chi connectivity index (χ4v) is 0.899. The van der Waals surface area contributed by atoms with Crippen molar-refractivity contribution in [2.45, 2.75) is 0 Å². The molecule has 1 rings (SSSR count). The highest BCUT2D eigenvalue weighted by atomic mass is 79.9. The number of halogens is 1. The Hall–Kier alpha value is -1.70. The van der Waals surface area contributed by atoms with Crippen LogP contribution in [-0.4, -0.2) is 32.7 Å². The lowest BCUT2D eigenvalue weighted by molar-refractivity contribution is -0.152. The van der Waals surface area contributed by atoms with Gasteiger partial charge < -0.3 is 5.11 Å². The van der Waals surface area contributed by atoms with E-state index in [0.29, 0.717) is 4.47 Å². The van der Waals surface area contributed by atoms with Crippen LogP contribution in [0.1, 0.15) is 0 Å². The molecular formula is C6H4BrN3O4. The molecule has 0 atom stereocenters. The molecule has 0 aliphatic carbocycles. The molecule has 0 radical (unpaired) electrons. The van der Waals surface area contributed by atoms with Crippen LogP contribution in [0.3, 0.4) is 0 Å². The maximum absolute atomic E-state index is 10.8. The molecule has 0 unspecified atom stereocenters. The number of ketones is 1. The average molecular weight is 262 g/mol. The Morgan fingerprint density at radius 3 is 2.57 bits per heavy atom. The van der Waals surface area contributed by atoms with E-state index in [0.717, 1.165) is 4.79 Å². The molecule has 74 valence electrons. The first-order valence-electron chi connectivity index (χ1n) is 3.29. The number of carboxylic acid groups (broad SMARTS) is 1. The minimum absolute atomic E-state index is 0.584. The normalized spacial score (nSPS) is 9.50. The lowest BCUT2D eigenvalue weighted by atomic mass is 10.4. The Morgan fingerprint density at radius 2 is 2.14 bits per heavy atom. The molecule has 7 nitrogen and oxygen atoms in total. The number of carbonyl (C=O) groups is 3. The van der Waals surface area contributed by atoms with Crippen LogP contribution < -0.4 is 5.43 Å². The number of aromatic nitrogens is 2. The van der Waals surface area contributed by atoms with Gasteiger partial charge in [-0.3, -0.25) is 9.59 Å². The first-order valence-corrected chi connectivity index (χ1v) is 4.09. The largest absolute Gasteiger partial charge is 0.475 e. The first-order chi connectivity index (χ1) is 6.50. The number of aliphatic carboxylic acids is 1. The number of nitrogens with zero attached hydrogens (tertiary/aromatic N) is 2. The minimum Gasteiger partial charge on any atom is -0.475 e. The van der Waals surface area contributed by atoms with Gasteiger partial charge in [0.1, 0.15) is 0 Å². The zero-order valence-corrected chi connectivity index (χ0v) is 8.19. The molecule has 0 aromatic carbocycles. The Kier molecular flexibility index (Phi) is 2.97. The topological polar surface area (TPSA) is 101 Å². The summed E-state index contributed by atoms with van der Waals surface area (Å²) in [5.41, 5.74) is 1.95. The van der Waals surface area contributed by atoms with Crippen LogP contribution in [0, 0.1) is 0 Å². The third-order valence-electron chi connectivity index (χ3n) is 1.17. The third-order valence-corrected chi connectivity index (χ3v) is 1.58. The van der Waals surface area contributed by atoms with Crippen molar-refractivity contribution in [3.05, 3.63) is 16.9 Å². The molecule has 1 heterocycles. The smallest absolute Gasteiger partial charge is 0.382 e. The van der Waals surface area contributed by atoms with Gasteiger partial charge in [0.2, 0.25) is 0 Å². The predicted molar refractivity (Wildman–Crippen MR) is 46.9 cm³/mol. The van der Waals surface area contributed by atoms with Gasteiger partial charge >= 0.3 is 17.7 Å². The highest BCUT2D eigenvalue weighted by Crippen LogP contribution is 2.04. The van der Waals surface area contributed by atoms with Crippen molar-refractivity contribution >= 4 is 33.6 Å². The van der Waals surface area contributed by atoms with Gasteiger partial charge in [0.15, 0.2) is 0 Å². The molecular weight excluding hydrogens is 258 g/mol. The van der Waals surface area contributed by atoms with Crippen LogP contribution >= 0.6 is 15.9 Å². The van der Waals surface area contributed by atoms with E-state index in [1.807, 2.05) is 5.43 Å². The van der Waals surface area contributed by atoms with Gasteiger partial charge in [-0.15, -0.1) is 0 Å². The van der Waals surface area contributed by atoms with Crippen LogP contribution in [0.4, 0.5) is 0 Å². The zero-order valence-electron chi connectivity index (χ0n) is 6.60. The number of nitrogens with one attached hydrogen (secondary N) is 1. The summed E-state index contributed by atoms with van der Waals surface area (Å²) in [7, 11) is 0.